The number of aliphatic hydroxyl groups is 1. The highest BCUT2D eigenvalue weighted by Crippen LogP contribution is 2.19. The van der Waals surface area contributed by atoms with Gasteiger partial charge < -0.3 is 14.7 Å². The topological polar surface area (TPSA) is 53.0 Å². The molecule has 0 bridgehead atoms. The number of morpholine rings is 1. The van der Waals surface area contributed by atoms with Gasteiger partial charge in [0.25, 0.3) is 0 Å². The normalized spacial score (nSPS) is 29.2. The van der Waals surface area contributed by atoms with Crippen LogP contribution in [0.1, 0.15) is 26.7 Å². The van der Waals surface area contributed by atoms with E-state index in [4.69, 9.17) is 4.74 Å². The summed E-state index contributed by atoms with van der Waals surface area (Å²) in [5.74, 6) is 0.732. The number of rotatable bonds is 4. The van der Waals surface area contributed by atoms with Crippen LogP contribution in [0, 0.1) is 5.92 Å². The maximum atomic E-state index is 12.1. The first-order chi connectivity index (χ1) is 9.08. The molecule has 0 aromatic carbocycles. The van der Waals surface area contributed by atoms with E-state index in [0.717, 1.165) is 32.7 Å². The number of ether oxygens (including phenoxy) is 1. The van der Waals surface area contributed by atoms with Gasteiger partial charge in [-0.2, -0.15) is 0 Å². The average molecular weight is 270 g/mol. The number of β-amino-alcohol motifs (C(OH)–C–C–N with tert-alkyl or cyclic N) is 1. The van der Waals surface area contributed by atoms with Gasteiger partial charge in [0.2, 0.25) is 5.91 Å². The zero-order valence-electron chi connectivity index (χ0n) is 12.0. The minimum absolute atomic E-state index is 0.0897. The van der Waals surface area contributed by atoms with Crippen molar-refractivity contribution in [2.24, 2.45) is 5.92 Å². The molecule has 19 heavy (non-hydrogen) atoms. The summed E-state index contributed by atoms with van der Waals surface area (Å²) in [6.45, 7) is 8.57. The van der Waals surface area contributed by atoms with Crippen molar-refractivity contribution in [2.75, 3.05) is 39.4 Å². The van der Waals surface area contributed by atoms with Crippen LogP contribution in [0.5, 0.6) is 0 Å². The number of likely N-dealkylation sites (tertiary alicyclic amines) is 1. The molecular formula is C14H26N2O3. The van der Waals surface area contributed by atoms with Crippen molar-refractivity contribution in [3.63, 3.8) is 0 Å². The highest BCUT2D eigenvalue weighted by molar-refractivity contribution is 5.76. The number of amides is 1. The molecule has 5 nitrogen and oxygen atoms in total. The van der Waals surface area contributed by atoms with Crippen molar-refractivity contribution >= 4 is 5.91 Å². The van der Waals surface area contributed by atoms with Gasteiger partial charge in [-0.05, 0) is 12.3 Å². The molecule has 2 rings (SSSR count). The minimum atomic E-state index is -0.416. The molecular weight excluding hydrogens is 244 g/mol. The molecule has 0 saturated carbocycles. The van der Waals surface area contributed by atoms with E-state index in [0.29, 0.717) is 25.4 Å². The van der Waals surface area contributed by atoms with Crippen LogP contribution in [0.2, 0.25) is 0 Å². The minimum Gasteiger partial charge on any atom is -0.390 e. The summed E-state index contributed by atoms with van der Waals surface area (Å²) in [7, 11) is 0. The molecule has 1 amide bonds. The second kappa shape index (κ2) is 6.68. The summed E-state index contributed by atoms with van der Waals surface area (Å²) in [4.78, 5) is 16.2. The highest BCUT2D eigenvalue weighted by Gasteiger charge is 2.37. The second-order valence-corrected chi connectivity index (χ2v) is 6.01. The van der Waals surface area contributed by atoms with Gasteiger partial charge in [-0.25, -0.2) is 0 Å². The van der Waals surface area contributed by atoms with Gasteiger partial charge in [-0.3, -0.25) is 9.69 Å². The molecule has 0 aromatic heterocycles. The van der Waals surface area contributed by atoms with Crippen LogP contribution >= 0.6 is 0 Å². The third-order valence-corrected chi connectivity index (χ3v) is 4.06. The van der Waals surface area contributed by atoms with Crippen molar-refractivity contribution in [1.82, 2.24) is 9.80 Å². The largest absolute Gasteiger partial charge is 0.390 e. The molecule has 0 aromatic rings. The standard InChI is InChI=1S/C14H26N2O3/c1-11(2)3-4-14(18)16-9-12(13(17)10-16)15-5-7-19-8-6-15/h11-13,17H,3-10H2,1-2H3/t12-,13-/m0/s1. The molecule has 1 N–H and O–H groups in total. The van der Waals surface area contributed by atoms with Gasteiger partial charge >= 0.3 is 0 Å². The first kappa shape index (κ1) is 14.8. The number of aliphatic hydroxyl groups excluding tert-OH is 1. The molecule has 5 heteroatoms. The molecule has 0 unspecified atom stereocenters. The molecule has 2 saturated heterocycles. The van der Waals surface area contributed by atoms with Crippen LogP contribution in [0.4, 0.5) is 0 Å². The van der Waals surface area contributed by atoms with Gasteiger partial charge in [-0.15, -0.1) is 0 Å². The second-order valence-electron chi connectivity index (χ2n) is 6.01. The summed E-state index contributed by atoms with van der Waals surface area (Å²) in [5.41, 5.74) is 0. The summed E-state index contributed by atoms with van der Waals surface area (Å²) < 4.78 is 5.33. The predicted molar refractivity (Wildman–Crippen MR) is 72.8 cm³/mol. The lowest BCUT2D eigenvalue weighted by molar-refractivity contribution is -0.130. The lowest BCUT2D eigenvalue weighted by Gasteiger charge is -2.33. The van der Waals surface area contributed by atoms with Crippen molar-refractivity contribution in [2.45, 2.75) is 38.8 Å². The van der Waals surface area contributed by atoms with E-state index in [2.05, 4.69) is 18.7 Å². The number of hydrogen-bond acceptors (Lipinski definition) is 4. The predicted octanol–water partition coefficient (Wildman–Crippen LogP) is 0.327. The third-order valence-electron chi connectivity index (χ3n) is 4.06. The fourth-order valence-corrected chi connectivity index (χ4v) is 2.81. The molecule has 0 aliphatic carbocycles. The van der Waals surface area contributed by atoms with Crippen LogP contribution in [0.3, 0.4) is 0 Å². The fraction of sp³-hybridized carbons (Fsp3) is 0.929. The molecule has 110 valence electrons. The van der Waals surface area contributed by atoms with Crippen LogP contribution in [-0.2, 0) is 9.53 Å². The Balaban J connectivity index is 1.84. The average Bonchev–Trinajstić information content (AvgIpc) is 2.79. The first-order valence-corrected chi connectivity index (χ1v) is 7.35. The van der Waals surface area contributed by atoms with Crippen molar-refractivity contribution < 1.29 is 14.6 Å². The smallest absolute Gasteiger partial charge is 0.222 e. The van der Waals surface area contributed by atoms with E-state index in [9.17, 15) is 9.90 Å². The van der Waals surface area contributed by atoms with E-state index in [1.165, 1.54) is 0 Å². The Hall–Kier alpha value is -0.650. The maximum absolute atomic E-state index is 12.1. The Labute approximate surface area is 115 Å². The quantitative estimate of drug-likeness (QED) is 0.800. The van der Waals surface area contributed by atoms with Crippen LogP contribution in [0.25, 0.3) is 0 Å². The number of carbonyl (C=O) groups excluding carboxylic acids is 1. The molecule has 2 fully saturated rings. The Kier molecular flexibility index (Phi) is 5.19. The van der Waals surface area contributed by atoms with Gasteiger partial charge in [0.15, 0.2) is 0 Å². The summed E-state index contributed by atoms with van der Waals surface area (Å²) in [5, 5.41) is 10.2. The summed E-state index contributed by atoms with van der Waals surface area (Å²) >= 11 is 0. The van der Waals surface area contributed by atoms with Crippen molar-refractivity contribution in [3.8, 4) is 0 Å². The lowest BCUT2D eigenvalue weighted by Crippen LogP contribution is -2.49. The van der Waals surface area contributed by atoms with Gasteiger partial charge in [0, 0.05) is 32.6 Å². The highest BCUT2D eigenvalue weighted by atomic mass is 16.5. The molecule has 0 spiro atoms. The zero-order valence-corrected chi connectivity index (χ0v) is 12.0. The van der Waals surface area contributed by atoms with Crippen LogP contribution in [0.15, 0.2) is 0 Å². The van der Waals surface area contributed by atoms with Crippen molar-refractivity contribution in [1.29, 1.82) is 0 Å². The van der Waals surface area contributed by atoms with E-state index in [-0.39, 0.29) is 11.9 Å². The summed E-state index contributed by atoms with van der Waals surface area (Å²) in [6, 6.07) is 0.0897. The Bertz CT molecular complexity index is 303. The fourth-order valence-electron chi connectivity index (χ4n) is 2.81. The Morgan fingerprint density at radius 3 is 2.63 bits per heavy atom. The molecule has 2 atom stereocenters. The maximum Gasteiger partial charge on any atom is 0.222 e. The first-order valence-electron chi connectivity index (χ1n) is 7.35. The van der Waals surface area contributed by atoms with Crippen LogP contribution in [-0.4, -0.2) is 72.4 Å². The van der Waals surface area contributed by atoms with Crippen molar-refractivity contribution in [3.05, 3.63) is 0 Å². The number of hydrogen-bond donors (Lipinski definition) is 1. The van der Waals surface area contributed by atoms with Gasteiger partial charge in [0.1, 0.15) is 0 Å². The number of nitrogens with zero attached hydrogens (tertiary/aromatic N) is 2. The van der Waals surface area contributed by atoms with E-state index in [1.54, 1.807) is 0 Å². The van der Waals surface area contributed by atoms with Crippen LogP contribution < -0.4 is 0 Å². The SMILES string of the molecule is CC(C)CCC(=O)N1C[C@H](O)[C@@H](N2CCOCC2)C1. The molecule has 2 aliphatic rings. The van der Waals surface area contributed by atoms with Gasteiger partial charge in [0.05, 0.1) is 25.4 Å². The Morgan fingerprint density at radius 1 is 1.32 bits per heavy atom. The molecule has 2 heterocycles. The Morgan fingerprint density at radius 2 is 2.00 bits per heavy atom. The van der Waals surface area contributed by atoms with E-state index >= 15 is 0 Å². The van der Waals surface area contributed by atoms with E-state index < -0.39 is 6.10 Å². The zero-order chi connectivity index (χ0) is 13.8. The lowest BCUT2D eigenvalue weighted by atomic mass is 10.1. The third kappa shape index (κ3) is 3.91. The molecule has 0 radical (unpaired) electrons. The van der Waals surface area contributed by atoms with Gasteiger partial charge in [-0.1, -0.05) is 13.8 Å². The number of carbonyl (C=O) groups is 1. The van der Waals surface area contributed by atoms with E-state index in [1.807, 2.05) is 4.90 Å². The monoisotopic (exact) mass is 270 g/mol. The molecule has 2 aliphatic heterocycles. The summed E-state index contributed by atoms with van der Waals surface area (Å²) in [6.07, 6.45) is 1.11.